The van der Waals surface area contributed by atoms with Gasteiger partial charge in [-0.2, -0.15) is 11.8 Å². The first kappa shape index (κ1) is 12.0. The Hall–Kier alpha value is -1.03. The molecule has 0 atom stereocenters. The zero-order valence-electron chi connectivity index (χ0n) is 9.12. The Balaban J connectivity index is 2.41. The maximum absolute atomic E-state index is 11.5. The Kier molecular flexibility index (Phi) is 5.18. The molecule has 1 rings (SSSR count). The van der Waals surface area contributed by atoms with Crippen LogP contribution in [0.4, 0.5) is 5.82 Å². The molecule has 0 saturated carbocycles. The van der Waals surface area contributed by atoms with E-state index >= 15 is 0 Å². The van der Waals surface area contributed by atoms with E-state index in [-0.39, 0.29) is 5.91 Å². The molecule has 0 aliphatic heterocycles. The number of amides is 1. The zero-order chi connectivity index (χ0) is 11.1. The third-order valence-corrected chi connectivity index (χ3v) is 3.01. The van der Waals surface area contributed by atoms with Crippen molar-refractivity contribution in [3.8, 4) is 0 Å². The van der Waals surface area contributed by atoms with Crippen LogP contribution in [0.2, 0.25) is 0 Å². The summed E-state index contributed by atoms with van der Waals surface area (Å²) in [5.74, 6) is 2.22. The first-order valence-electron chi connectivity index (χ1n) is 5.03. The zero-order valence-corrected chi connectivity index (χ0v) is 9.93. The quantitative estimate of drug-likeness (QED) is 0.781. The molecule has 0 fully saturated rings. The van der Waals surface area contributed by atoms with Crippen molar-refractivity contribution in [3.63, 3.8) is 0 Å². The second-order valence-corrected chi connectivity index (χ2v) is 4.37. The fourth-order valence-electron chi connectivity index (χ4n) is 1.09. The Morgan fingerprint density at radius 2 is 2.40 bits per heavy atom. The maximum atomic E-state index is 11.5. The molecule has 3 nitrogen and oxygen atoms in total. The normalized spacial score (nSPS) is 10.0. The Morgan fingerprint density at radius 3 is 3.07 bits per heavy atom. The number of aryl methyl sites for hydroxylation is 1. The van der Waals surface area contributed by atoms with Gasteiger partial charge in [-0.1, -0.05) is 13.0 Å². The molecule has 0 aliphatic rings. The van der Waals surface area contributed by atoms with Gasteiger partial charge in [-0.15, -0.1) is 0 Å². The summed E-state index contributed by atoms with van der Waals surface area (Å²) in [6.45, 7) is 4.04. The summed E-state index contributed by atoms with van der Waals surface area (Å²) < 4.78 is 0. The molecule has 1 N–H and O–H groups in total. The van der Waals surface area contributed by atoms with Crippen molar-refractivity contribution in [2.75, 3.05) is 16.8 Å². The van der Waals surface area contributed by atoms with Crippen molar-refractivity contribution in [2.45, 2.75) is 20.3 Å². The predicted octanol–water partition coefficient (Wildman–Crippen LogP) is 2.47. The van der Waals surface area contributed by atoms with Crippen LogP contribution in [0, 0.1) is 6.92 Å². The molecular weight excluding hydrogens is 208 g/mol. The van der Waals surface area contributed by atoms with Crippen molar-refractivity contribution >= 4 is 23.5 Å². The van der Waals surface area contributed by atoms with Crippen LogP contribution in [-0.4, -0.2) is 22.4 Å². The fraction of sp³-hybridized carbons (Fsp3) is 0.455. The van der Waals surface area contributed by atoms with Crippen molar-refractivity contribution in [2.24, 2.45) is 0 Å². The number of hydrogen-bond acceptors (Lipinski definition) is 3. The number of pyridine rings is 1. The Labute approximate surface area is 94.7 Å². The summed E-state index contributed by atoms with van der Waals surface area (Å²) >= 11 is 1.65. The molecular formula is C11H16N2OS. The third kappa shape index (κ3) is 4.34. The van der Waals surface area contributed by atoms with Gasteiger partial charge in [0.05, 0.1) is 5.75 Å². The number of aromatic nitrogens is 1. The second kappa shape index (κ2) is 6.45. The first-order chi connectivity index (χ1) is 7.24. The highest BCUT2D eigenvalue weighted by Crippen LogP contribution is 2.10. The molecule has 1 amide bonds. The van der Waals surface area contributed by atoms with E-state index in [0.29, 0.717) is 11.6 Å². The second-order valence-electron chi connectivity index (χ2n) is 3.27. The smallest absolute Gasteiger partial charge is 0.235 e. The lowest BCUT2D eigenvalue weighted by molar-refractivity contribution is -0.113. The van der Waals surface area contributed by atoms with Gasteiger partial charge in [0, 0.05) is 6.20 Å². The maximum Gasteiger partial charge on any atom is 0.235 e. The van der Waals surface area contributed by atoms with Gasteiger partial charge in [-0.05, 0) is 30.7 Å². The van der Waals surface area contributed by atoms with Crippen LogP contribution in [-0.2, 0) is 4.79 Å². The largest absolute Gasteiger partial charge is 0.310 e. The van der Waals surface area contributed by atoms with E-state index in [4.69, 9.17) is 0 Å². The number of rotatable bonds is 5. The lowest BCUT2D eigenvalue weighted by Gasteiger charge is -2.06. The summed E-state index contributed by atoms with van der Waals surface area (Å²) in [6, 6.07) is 3.79. The molecule has 0 unspecified atom stereocenters. The van der Waals surface area contributed by atoms with E-state index in [0.717, 1.165) is 17.7 Å². The minimum Gasteiger partial charge on any atom is -0.310 e. The van der Waals surface area contributed by atoms with Gasteiger partial charge in [0.15, 0.2) is 0 Å². The van der Waals surface area contributed by atoms with Crippen LogP contribution >= 0.6 is 11.8 Å². The summed E-state index contributed by atoms with van der Waals surface area (Å²) in [5.41, 5.74) is 0.992. The van der Waals surface area contributed by atoms with E-state index < -0.39 is 0 Å². The van der Waals surface area contributed by atoms with Crippen molar-refractivity contribution < 1.29 is 4.79 Å². The molecule has 1 heterocycles. The highest BCUT2D eigenvalue weighted by Gasteiger charge is 2.04. The Morgan fingerprint density at radius 1 is 1.60 bits per heavy atom. The SMILES string of the molecule is CCCSCC(=O)Nc1ncccc1C. The number of nitrogens with one attached hydrogen (secondary N) is 1. The van der Waals surface area contributed by atoms with Gasteiger partial charge in [0.1, 0.15) is 5.82 Å². The Bertz CT molecular complexity index is 328. The lowest BCUT2D eigenvalue weighted by atomic mass is 10.3. The number of thioether (sulfide) groups is 1. The van der Waals surface area contributed by atoms with Crippen LogP contribution in [0.3, 0.4) is 0 Å². The van der Waals surface area contributed by atoms with Gasteiger partial charge in [0.25, 0.3) is 0 Å². The van der Waals surface area contributed by atoms with Crippen LogP contribution in [0.15, 0.2) is 18.3 Å². The average Bonchev–Trinajstić information content (AvgIpc) is 2.22. The summed E-state index contributed by atoms with van der Waals surface area (Å²) in [6.07, 6.45) is 2.78. The number of carbonyl (C=O) groups excluding carboxylic acids is 1. The lowest BCUT2D eigenvalue weighted by Crippen LogP contribution is -2.16. The van der Waals surface area contributed by atoms with Gasteiger partial charge >= 0.3 is 0 Å². The molecule has 0 saturated heterocycles. The van der Waals surface area contributed by atoms with E-state index in [1.165, 1.54) is 0 Å². The summed E-state index contributed by atoms with van der Waals surface area (Å²) in [5, 5.41) is 2.80. The van der Waals surface area contributed by atoms with E-state index in [1.807, 2.05) is 19.1 Å². The molecule has 1 aromatic rings. The van der Waals surface area contributed by atoms with E-state index in [2.05, 4.69) is 17.2 Å². The van der Waals surface area contributed by atoms with Gasteiger partial charge in [-0.25, -0.2) is 4.98 Å². The van der Waals surface area contributed by atoms with Crippen molar-refractivity contribution in [3.05, 3.63) is 23.9 Å². The molecule has 1 aromatic heterocycles. The highest BCUT2D eigenvalue weighted by atomic mass is 32.2. The summed E-state index contributed by atoms with van der Waals surface area (Å²) in [7, 11) is 0. The number of hydrogen-bond donors (Lipinski definition) is 1. The van der Waals surface area contributed by atoms with Gasteiger partial charge in [-0.3, -0.25) is 4.79 Å². The highest BCUT2D eigenvalue weighted by molar-refractivity contribution is 7.99. The molecule has 0 bridgehead atoms. The monoisotopic (exact) mass is 224 g/mol. The molecule has 0 spiro atoms. The number of carbonyl (C=O) groups is 1. The average molecular weight is 224 g/mol. The minimum atomic E-state index is 0.0234. The molecule has 4 heteroatoms. The predicted molar refractivity (Wildman–Crippen MR) is 65.2 cm³/mol. The van der Waals surface area contributed by atoms with Crippen molar-refractivity contribution in [1.82, 2.24) is 4.98 Å². The number of nitrogens with zero attached hydrogens (tertiary/aromatic N) is 1. The molecule has 82 valence electrons. The van der Waals surface area contributed by atoms with Crippen LogP contribution < -0.4 is 5.32 Å². The molecule has 0 aromatic carbocycles. The molecule has 0 aliphatic carbocycles. The number of anilines is 1. The van der Waals surface area contributed by atoms with Gasteiger partial charge in [0.2, 0.25) is 5.91 Å². The molecule has 15 heavy (non-hydrogen) atoms. The summed E-state index contributed by atoms with van der Waals surface area (Å²) in [4.78, 5) is 15.6. The van der Waals surface area contributed by atoms with E-state index in [1.54, 1.807) is 18.0 Å². The van der Waals surface area contributed by atoms with Crippen molar-refractivity contribution in [1.29, 1.82) is 0 Å². The molecule has 0 radical (unpaired) electrons. The van der Waals surface area contributed by atoms with Crippen LogP contribution in [0.25, 0.3) is 0 Å². The third-order valence-electron chi connectivity index (χ3n) is 1.85. The first-order valence-corrected chi connectivity index (χ1v) is 6.18. The standard InChI is InChI=1S/C11H16N2OS/c1-3-7-15-8-10(14)13-11-9(2)5-4-6-12-11/h4-6H,3,7-8H2,1-2H3,(H,12,13,14). The minimum absolute atomic E-state index is 0.0234. The van der Waals surface area contributed by atoms with Crippen LogP contribution in [0.5, 0.6) is 0 Å². The fourth-order valence-corrected chi connectivity index (χ4v) is 1.78. The van der Waals surface area contributed by atoms with E-state index in [9.17, 15) is 4.79 Å². The van der Waals surface area contributed by atoms with Gasteiger partial charge < -0.3 is 5.32 Å². The van der Waals surface area contributed by atoms with Crippen LogP contribution in [0.1, 0.15) is 18.9 Å². The topological polar surface area (TPSA) is 42.0 Å².